The van der Waals surface area contributed by atoms with Gasteiger partial charge in [-0.2, -0.15) is 4.98 Å². The summed E-state index contributed by atoms with van der Waals surface area (Å²) in [5.74, 6) is 0.982. The monoisotopic (exact) mass is 279 g/mol. The third-order valence-electron chi connectivity index (χ3n) is 3.54. The van der Waals surface area contributed by atoms with Gasteiger partial charge in [0.2, 0.25) is 5.82 Å². The molecule has 3 aromatic rings. The second-order valence-electron chi connectivity index (χ2n) is 4.88. The van der Waals surface area contributed by atoms with Crippen molar-refractivity contribution < 1.29 is 4.52 Å². The van der Waals surface area contributed by atoms with E-state index < -0.39 is 0 Å². The lowest BCUT2D eigenvalue weighted by Gasteiger charge is -2.19. The summed E-state index contributed by atoms with van der Waals surface area (Å²) >= 11 is 0. The summed E-state index contributed by atoms with van der Waals surface area (Å²) in [4.78, 5) is 12.7. The van der Waals surface area contributed by atoms with Crippen LogP contribution in [0, 0.1) is 0 Å². The first-order valence-corrected chi connectivity index (χ1v) is 6.88. The summed E-state index contributed by atoms with van der Waals surface area (Å²) in [5.41, 5.74) is 3.98. The van der Waals surface area contributed by atoms with Gasteiger partial charge in [0.15, 0.2) is 0 Å². The Morgan fingerprint density at radius 2 is 2.19 bits per heavy atom. The molecule has 0 unspecified atom stereocenters. The highest BCUT2D eigenvalue weighted by Crippen LogP contribution is 2.32. The van der Waals surface area contributed by atoms with Crippen molar-refractivity contribution in [1.29, 1.82) is 0 Å². The summed E-state index contributed by atoms with van der Waals surface area (Å²) in [6.07, 6.45) is 6.97. The van der Waals surface area contributed by atoms with Gasteiger partial charge >= 0.3 is 0 Å². The Hall–Kier alpha value is -2.76. The van der Waals surface area contributed by atoms with Crippen molar-refractivity contribution in [2.45, 2.75) is 12.8 Å². The van der Waals surface area contributed by atoms with Crippen LogP contribution >= 0.6 is 0 Å². The fourth-order valence-corrected chi connectivity index (χ4v) is 2.56. The van der Waals surface area contributed by atoms with E-state index in [2.05, 4.69) is 31.5 Å². The number of nitrogens with one attached hydrogen (secondary N) is 1. The molecule has 0 bridgehead atoms. The highest BCUT2D eigenvalue weighted by Gasteiger charge is 2.18. The predicted molar refractivity (Wildman–Crippen MR) is 77.6 cm³/mol. The molecule has 4 rings (SSSR count). The molecular weight excluding hydrogens is 266 g/mol. The normalized spacial score (nSPS) is 13.5. The minimum absolute atomic E-state index is 0.458. The third-order valence-corrected chi connectivity index (χ3v) is 3.54. The van der Waals surface area contributed by atoms with E-state index in [4.69, 9.17) is 4.52 Å². The summed E-state index contributed by atoms with van der Waals surface area (Å²) in [6.45, 7) is 1.01. The minimum atomic E-state index is 0.458. The predicted octanol–water partition coefficient (Wildman–Crippen LogP) is 2.55. The second kappa shape index (κ2) is 4.97. The first-order chi connectivity index (χ1) is 10.4. The van der Waals surface area contributed by atoms with Crippen LogP contribution in [0.25, 0.3) is 23.0 Å². The zero-order valence-electron chi connectivity index (χ0n) is 11.3. The molecule has 104 valence electrons. The summed E-state index contributed by atoms with van der Waals surface area (Å²) < 4.78 is 5.41. The molecule has 3 heterocycles. The highest BCUT2D eigenvalue weighted by molar-refractivity contribution is 5.70. The van der Waals surface area contributed by atoms with Gasteiger partial charge in [-0.15, -0.1) is 0 Å². The molecule has 0 atom stereocenters. The summed E-state index contributed by atoms with van der Waals surface area (Å²) in [5, 5.41) is 7.40. The van der Waals surface area contributed by atoms with Gasteiger partial charge in [0, 0.05) is 30.2 Å². The van der Waals surface area contributed by atoms with E-state index >= 15 is 0 Å². The standard InChI is InChI=1S/C15H13N5O/c1-3-11(10-4-2-6-17-12(10)5-1)15-19-14(20-21-15)13-9-16-7-8-18-13/h1,3,5,7-9,17H,2,4,6H2. The van der Waals surface area contributed by atoms with Crippen LogP contribution in [-0.4, -0.2) is 26.7 Å². The maximum atomic E-state index is 5.41. The average molecular weight is 279 g/mol. The van der Waals surface area contributed by atoms with Crippen molar-refractivity contribution in [3.63, 3.8) is 0 Å². The van der Waals surface area contributed by atoms with Gasteiger partial charge in [0.05, 0.1) is 6.20 Å². The number of hydrogen-bond donors (Lipinski definition) is 1. The maximum absolute atomic E-state index is 5.41. The fraction of sp³-hybridized carbons (Fsp3) is 0.200. The Morgan fingerprint density at radius 1 is 1.19 bits per heavy atom. The Labute approximate surface area is 121 Å². The van der Waals surface area contributed by atoms with Crippen LogP contribution in [0.15, 0.2) is 41.3 Å². The second-order valence-corrected chi connectivity index (χ2v) is 4.88. The highest BCUT2D eigenvalue weighted by atomic mass is 16.5. The first-order valence-electron chi connectivity index (χ1n) is 6.88. The number of aromatic nitrogens is 4. The van der Waals surface area contributed by atoms with Gasteiger partial charge in [0.25, 0.3) is 5.89 Å². The number of benzene rings is 1. The fourth-order valence-electron chi connectivity index (χ4n) is 2.56. The van der Waals surface area contributed by atoms with Crippen molar-refractivity contribution in [3.05, 3.63) is 42.4 Å². The van der Waals surface area contributed by atoms with Crippen molar-refractivity contribution in [1.82, 2.24) is 20.1 Å². The topological polar surface area (TPSA) is 76.7 Å². The molecule has 2 aromatic heterocycles. The number of fused-ring (bicyclic) bond motifs is 1. The van der Waals surface area contributed by atoms with Crippen LogP contribution in [0.2, 0.25) is 0 Å². The molecule has 1 aliphatic rings. The molecule has 0 saturated heterocycles. The molecule has 0 radical (unpaired) electrons. The Balaban J connectivity index is 1.77. The van der Waals surface area contributed by atoms with E-state index in [0.717, 1.165) is 30.6 Å². The average Bonchev–Trinajstić information content (AvgIpc) is 3.05. The lowest BCUT2D eigenvalue weighted by Crippen LogP contribution is -2.12. The van der Waals surface area contributed by atoms with E-state index in [1.807, 2.05) is 12.1 Å². The van der Waals surface area contributed by atoms with Crippen LogP contribution in [0.4, 0.5) is 5.69 Å². The minimum Gasteiger partial charge on any atom is -0.385 e. The zero-order valence-corrected chi connectivity index (χ0v) is 11.3. The molecule has 1 aromatic carbocycles. The van der Waals surface area contributed by atoms with Gasteiger partial charge in [-0.3, -0.25) is 4.98 Å². The number of anilines is 1. The third kappa shape index (κ3) is 2.14. The van der Waals surface area contributed by atoms with E-state index in [-0.39, 0.29) is 0 Å². The molecule has 1 N–H and O–H groups in total. The van der Waals surface area contributed by atoms with Crippen molar-refractivity contribution in [2.24, 2.45) is 0 Å². The molecule has 6 nitrogen and oxygen atoms in total. The van der Waals surface area contributed by atoms with Crippen molar-refractivity contribution in [3.8, 4) is 23.0 Å². The van der Waals surface area contributed by atoms with Crippen molar-refractivity contribution in [2.75, 3.05) is 11.9 Å². The van der Waals surface area contributed by atoms with Crippen LogP contribution in [0.5, 0.6) is 0 Å². The summed E-state index contributed by atoms with van der Waals surface area (Å²) in [6, 6.07) is 6.09. The number of hydrogen-bond acceptors (Lipinski definition) is 6. The number of nitrogens with zero attached hydrogens (tertiary/aromatic N) is 4. The Kier molecular flexibility index (Phi) is 2.85. The van der Waals surface area contributed by atoms with Gasteiger partial charge in [-0.1, -0.05) is 11.2 Å². The van der Waals surface area contributed by atoms with Gasteiger partial charge in [-0.25, -0.2) is 4.98 Å². The molecule has 0 fully saturated rings. The smallest absolute Gasteiger partial charge is 0.258 e. The van der Waals surface area contributed by atoms with Gasteiger partial charge in [-0.05, 0) is 30.5 Å². The van der Waals surface area contributed by atoms with Crippen LogP contribution < -0.4 is 5.32 Å². The largest absolute Gasteiger partial charge is 0.385 e. The molecule has 6 heteroatoms. The van der Waals surface area contributed by atoms with Crippen LogP contribution in [0.1, 0.15) is 12.0 Å². The SMILES string of the molecule is c1cc2c(c(-c3nc(-c4cnccn4)no3)c1)CCCN2. The quantitative estimate of drug-likeness (QED) is 0.776. The lowest BCUT2D eigenvalue weighted by molar-refractivity contribution is 0.431. The molecule has 1 aliphatic heterocycles. The number of rotatable bonds is 2. The van der Waals surface area contributed by atoms with E-state index in [1.54, 1.807) is 18.6 Å². The Morgan fingerprint density at radius 3 is 3.10 bits per heavy atom. The maximum Gasteiger partial charge on any atom is 0.258 e. The van der Waals surface area contributed by atoms with Crippen molar-refractivity contribution >= 4 is 5.69 Å². The molecule has 0 aliphatic carbocycles. The molecule has 0 amide bonds. The summed E-state index contributed by atoms with van der Waals surface area (Å²) in [7, 11) is 0. The molecular formula is C15H13N5O. The molecule has 21 heavy (non-hydrogen) atoms. The van der Waals surface area contributed by atoms with E-state index in [0.29, 0.717) is 17.4 Å². The van der Waals surface area contributed by atoms with Crippen LogP contribution in [0.3, 0.4) is 0 Å². The lowest BCUT2D eigenvalue weighted by atomic mass is 9.97. The zero-order chi connectivity index (χ0) is 14.1. The first kappa shape index (κ1) is 12.0. The van der Waals surface area contributed by atoms with E-state index in [9.17, 15) is 0 Å². The van der Waals surface area contributed by atoms with Gasteiger partial charge in [0.1, 0.15) is 5.69 Å². The molecule has 0 spiro atoms. The van der Waals surface area contributed by atoms with E-state index in [1.165, 1.54) is 5.56 Å². The van der Waals surface area contributed by atoms with Crippen LogP contribution in [-0.2, 0) is 6.42 Å². The molecule has 0 saturated carbocycles. The van der Waals surface area contributed by atoms with Gasteiger partial charge < -0.3 is 9.84 Å². The Bertz CT molecular complexity index is 769.